The van der Waals surface area contributed by atoms with Crippen molar-refractivity contribution < 1.29 is 43.1 Å². The van der Waals surface area contributed by atoms with Crippen LogP contribution >= 0.6 is 0 Å². The van der Waals surface area contributed by atoms with Gasteiger partial charge in [0.2, 0.25) is 0 Å². The van der Waals surface area contributed by atoms with Gasteiger partial charge in [-0.05, 0) is 37.3 Å². The van der Waals surface area contributed by atoms with E-state index in [1.165, 1.54) is 0 Å². The molecule has 0 unspecified atom stereocenters. The molecule has 0 bridgehead atoms. The molecule has 2 aromatic carbocycles. The number of fused-ring (bicyclic) bond motifs is 1. The molecule has 132 valence electrons. The van der Waals surface area contributed by atoms with Crippen LogP contribution in [0.1, 0.15) is 6.92 Å². The number of aromatic hydroxyl groups is 1. The summed E-state index contributed by atoms with van der Waals surface area (Å²) in [6.45, 7) is 2.56. The molecule has 25 heavy (non-hydrogen) atoms. The van der Waals surface area contributed by atoms with E-state index in [1.807, 2.05) is 49.4 Å². The Morgan fingerprint density at radius 2 is 1.60 bits per heavy atom. The van der Waals surface area contributed by atoms with Gasteiger partial charge in [0.15, 0.2) is 0 Å². The van der Waals surface area contributed by atoms with Gasteiger partial charge in [-0.3, -0.25) is 0 Å². The molecule has 3 rings (SSSR count). The minimum absolute atomic E-state index is 0.236. The Balaban J connectivity index is 0.000000399. The number of hydrogen-bond acceptors (Lipinski definition) is 6. The highest BCUT2D eigenvalue weighted by Gasteiger charge is 2.19. The van der Waals surface area contributed by atoms with E-state index >= 15 is 0 Å². The molecule has 0 aliphatic heterocycles. The second-order valence-electron chi connectivity index (χ2n) is 4.83. The number of ether oxygens (including phenoxy) is 1. The topological polar surface area (TPSA) is 133 Å². The third-order valence-electron chi connectivity index (χ3n) is 3.09. The van der Waals surface area contributed by atoms with E-state index in [-0.39, 0.29) is 5.75 Å². The van der Waals surface area contributed by atoms with Gasteiger partial charge in [0.05, 0.1) is 18.2 Å². The number of hydrogen-bond donors (Lipinski definition) is 1. The van der Waals surface area contributed by atoms with Crippen molar-refractivity contribution >= 4 is 11.0 Å². The summed E-state index contributed by atoms with van der Waals surface area (Å²) in [5.74, 6) is 1.75. The first-order valence-corrected chi connectivity index (χ1v) is 8.41. The van der Waals surface area contributed by atoms with Crippen molar-refractivity contribution in [3.8, 4) is 22.8 Å². The van der Waals surface area contributed by atoms with E-state index in [2.05, 4.69) is 0 Å². The molecule has 0 fully saturated rings. The molecular weight excluding hydrogens is 352 g/mol. The van der Waals surface area contributed by atoms with Crippen LogP contribution in [0.25, 0.3) is 22.3 Å². The zero-order valence-electron chi connectivity index (χ0n) is 13.2. The Morgan fingerprint density at radius 3 is 2.20 bits per heavy atom. The number of para-hydroxylation sites is 1. The molecule has 8 heteroatoms. The first-order chi connectivity index (χ1) is 11.8. The standard InChI is InChI=1S/C17H14O3.ClHO4/c1-2-19-17-11-16(12-7-9-13(18)10-8-12)20-15-6-4-3-5-14(15)17;2-1(3,4)5/h3-11H,2H2,1H3;(H,2,3,4,5). The molecule has 0 spiro atoms. The Hall–Kier alpha value is -2.42. The van der Waals surface area contributed by atoms with Crippen LogP contribution < -0.4 is 23.4 Å². The fraction of sp³-hybridized carbons (Fsp3) is 0.118. The van der Waals surface area contributed by atoms with Crippen LogP contribution in [-0.2, 0) is 0 Å². The van der Waals surface area contributed by atoms with Crippen LogP contribution in [-0.4, -0.2) is 11.7 Å². The van der Waals surface area contributed by atoms with Crippen LogP contribution in [0, 0.1) is 10.2 Å². The summed E-state index contributed by atoms with van der Waals surface area (Å²) in [6.07, 6.45) is 0. The van der Waals surface area contributed by atoms with E-state index in [1.54, 1.807) is 12.1 Å². The zero-order valence-corrected chi connectivity index (χ0v) is 13.9. The second kappa shape index (κ2) is 8.11. The van der Waals surface area contributed by atoms with E-state index in [4.69, 9.17) is 27.8 Å². The average Bonchev–Trinajstić information content (AvgIpc) is 2.54. The highest BCUT2D eigenvalue weighted by molar-refractivity contribution is 5.85. The number of rotatable bonds is 3. The molecular formula is C17H15ClO7. The quantitative estimate of drug-likeness (QED) is 0.630. The highest BCUT2D eigenvalue weighted by atomic mass is 35.7. The Morgan fingerprint density at radius 1 is 1.00 bits per heavy atom. The normalized spacial score (nSPS) is 10.9. The lowest BCUT2D eigenvalue weighted by molar-refractivity contribution is -2.00. The fourth-order valence-electron chi connectivity index (χ4n) is 2.15. The minimum Gasteiger partial charge on any atom is -0.508 e. The van der Waals surface area contributed by atoms with Crippen LogP contribution in [0.3, 0.4) is 0 Å². The fourth-order valence-corrected chi connectivity index (χ4v) is 2.15. The van der Waals surface area contributed by atoms with E-state index in [9.17, 15) is 5.11 Å². The molecule has 1 aromatic heterocycles. The van der Waals surface area contributed by atoms with E-state index in [0.717, 1.165) is 22.3 Å². The molecule has 0 aliphatic carbocycles. The molecule has 0 saturated heterocycles. The van der Waals surface area contributed by atoms with Crippen molar-refractivity contribution in [2.24, 2.45) is 0 Å². The number of benzene rings is 2. The summed E-state index contributed by atoms with van der Waals surface area (Å²) in [7, 11) is -4.94. The maximum atomic E-state index is 9.36. The zero-order chi connectivity index (χ0) is 18.4. The number of phenolic OH excluding ortho intramolecular Hbond substituents is 1. The highest BCUT2D eigenvalue weighted by Crippen LogP contribution is 2.33. The summed E-state index contributed by atoms with van der Waals surface area (Å²) >= 11 is 0. The van der Waals surface area contributed by atoms with Gasteiger partial charge in [-0.2, -0.15) is 0 Å². The Kier molecular flexibility index (Phi) is 6.13. The molecule has 0 aliphatic rings. The summed E-state index contributed by atoms with van der Waals surface area (Å²) in [5, 5.41) is 10.3. The van der Waals surface area contributed by atoms with Gasteiger partial charge in [0.1, 0.15) is 16.9 Å². The van der Waals surface area contributed by atoms with Crippen molar-refractivity contribution in [1.82, 2.24) is 0 Å². The van der Waals surface area contributed by atoms with Gasteiger partial charge in [0.25, 0.3) is 0 Å². The van der Waals surface area contributed by atoms with Gasteiger partial charge < -0.3 is 9.84 Å². The van der Waals surface area contributed by atoms with Crippen molar-refractivity contribution in [2.45, 2.75) is 6.92 Å². The van der Waals surface area contributed by atoms with Crippen LogP contribution in [0.5, 0.6) is 11.5 Å². The van der Waals surface area contributed by atoms with Gasteiger partial charge in [-0.25, -0.2) is 23.1 Å². The molecule has 0 atom stereocenters. The average molecular weight is 367 g/mol. The SMILES string of the molecule is CCOc1cc(-c2ccc(O)cc2)[o+]c2ccccc12.[O-][Cl+3]([O-])([O-])[O-]. The van der Waals surface area contributed by atoms with Gasteiger partial charge >= 0.3 is 11.3 Å². The van der Waals surface area contributed by atoms with Crippen molar-refractivity contribution in [1.29, 1.82) is 0 Å². The summed E-state index contributed by atoms with van der Waals surface area (Å²) < 4.78 is 45.6. The molecule has 1 N–H and O–H groups in total. The molecule has 1 heterocycles. The predicted octanol–water partition coefficient (Wildman–Crippen LogP) is -0.271. The van der Waals surface area contributed by atoms with Crippen molar-refractivity contribution in [2.75, 3.05) is 6.61 Å². The molecule has 3 aromatic rings. The monoisotopic (exact) mass is 366 g/mol. The molecule has 0 saturated carbocycles. The maximum Gasteiger partial charge on any atom is 0.364 e. The van der Waals surface area contributed by atoms with Crippen LogP contribution in [0.4, 0.5) is 0 Å². The molecule has 0 amide bonds. The first-order valence-electron chi connectivity index (χ1n) is 7.18. The minimum atomic E-state index is -4.94. The van der Waals surface area contributed by atoms with Crippen LogP contribution in [0.2, 0.25) is 0 Å². The maximum absolute atomic E-state index is 9.36. The largest absolute Gasteiger partial charge is 0.508 e. The Bertz CT molecular complexity index is 823. The third-order valence-corrected chi connectivity index (χ3v) is 3.09. The summed E-state index contributed by atoms with van der Waals surface area (Å²) in [4.78, 5) is 0. The lowest BCUT2D eigenvalue weighted by Crippen LogP contribution is -2.68. The van der Waals surface area contributed by atoms with Crippen molar-refractivity contribution in [3.05, 3.63) is 54.6 Å². The first kappa shape index (κ1) is 18.9. The van der Waals surface area contributed by atoms with Gasteiger partial charge in [0, 0.05) is 6.07 Å². The third kappa shape index (κ3) is 5.86. The van der Waals surface area contributed by atoms with Crippen molar-refractivity contribution in [3.63, 3.8) is 0 Å². The lowest BCUT2D eigenvalue weighted by atomic mass is 10.1. The predicted molar refractivity (Wildman–Crippen MR) is 78.9 cm³/mol. The number of halogens is 1. The van der Waals surface area contributed by atoms with Gasteiger partial charge in [-0.15, -0.1) is 10.2 Å². The number of phenols is 1. The van der Waals surface area contributed by atoms with E-state index < -0.39 is 10.2 Å². The second-order valence-corrected chi connectivity index (χ2v) is 5.58. The summed E-state index contributed by atoms with van der Waals surface area (Å²) in [5.41, 5.74) is 1.68. The smallest absolute Gasteiger partial charge is 0.364 e. The van der Waals surface area contributed by atoms with E-state index in [0.29, 0.717) is 12.4 Å². The van der Waals surface area contributed by atoms with Crippen LogP contribution in [0.15, 0.2) is 59.0 Å². The lowest BCUT2D eigenvalue weighted by Gasteiger charge is -2.17. The summed E-state index contributed by atoms with van der Waals surface area (Å²) in [6, 6.07) is 16.6. The molecule has 7 nitrogen and oxygen atoms in total. The van der Waals surface area contributed by atoms with Gasteiger partial charge in [-0.1, -0.05) is 12.1 Å². The Labute approximate surface area is 145 Å². The molecule has 0 radical (unpaired) electrons.